The third-order valence-corrected chi connectivity index (χ3v) is 4.64. The standard InChI is InChI=1S/C22H17F6N3O2/c1-31(12-13-8-15(21(23,24)25)10-16(9-13)22(26,27)28)19(32)17-11-29-20(33-2)30-18(17)14-6-4-3-5-7-14/h3-11H,12H2,1-2H3. The van der Waals surface area contributed by atoms with Gasteiger partial charge in [0.05, 0.1) is 29.5 Å². The molecule has 2 aromatic carbocycles. The number of methoxy groups -OCH3 is 1. The van der Waals surface area contributed by atoms with Gasteiger partial charge in [0, 0.05) is 25.4 Å². The molecule has 174 valence electrons. The van der Waals surface area contributed by atoms with Crippen molar-refractivity contribution in [2.75, 3.05) is 14.2 Å². The molecule has 0 radical (unpaired) electrons. The summed E-state index contributed by atoms with van der Waals surface area (Å²) in [6, 6.07) is 9.73. The number of amides is 1. The average Bonchev–Trinajstić information content (AvgIpc) is 2.77. The van der Waals surface area contributed by atoms with Crippen molar-refractivity contribution < 1.29 is 35.9 Å². The van der Waals surface area contributed by atoms with E-state index < -0.39 is 35.9 Å². The molecule has 0 aliphatic carbocycles. The van der Waals surface area contributed by atoms with E-state index >= 15 is 0 Å². The Balaban J connectivity index is 1.98. The smallest absolute Gasteiger partial charge is 0.416 e. The summed E-state index contributed by atoms with van der Waals surface area (Å²) in [4.78, 5) is 22.2. The van der Waals surface area contributed by atoms with Crippen LogP contribution in [-0.2, 0) is 18.9 Å². The van der Waals surface area contributed by atoms with E-state index in [9.17, 15) is 31.1 Å². The number of carbonyl (C=O) groups excluding carboxylic acids is 1. The van der Waals surface area contributed by atoms with E-state index in [1.165, 1.54) is 20.4 Å². The second kappa shape index (κ2) is 9.08. The van der Waals surface area contributed by atoms with Crippen molar-refractivity contribution in [2.45, 2.75) is 18.9 Å². The molecule has 0 spiro atoms. The predicted molar refractivity (Wildman–Crippen MR) is 106 cm³/mol. The Labute approximate surface area is 184 Å². The summed E-state index contributed by atoms with van der Waals surface area (Å²) in [5.41, 5.74) is -2.47. The van der Waals surface area contributed by atoms with E-state index in [4.69, 9.17) is 4.74 Å². The molecule has 33 heavy (non-hydrogen) atoms. The lowest BCUT2D eigenvalue weighted by molar-refractivity contribution is -0.143. The van der Waals surface area contributed by atoms with E-state index in [0.29, 0.717) is 17.7 Å². The van der Waals surface area contributed by atoms with Gasteiger partial charge in [0.1, 0.15) is 0 Å². The molecule has 5 nitrogen and oxygen atoms in total. The van der Waals surface area contributed by atoms with Gasteiger partial charge in [0.15, 0.2) is 0 Å². The Morgan fingerprint density at radius 1 is 0.970 bits per heavy atom. The van der Waals surface area contributed by atoms with E-state index in [1.807, 2.05) is 0 Å². The largest absolute Gasteiger partial charge is 0.467 e. The second-order valence-electron chi connectivity index (χ2n) is 7.06. The topological polar surface area (TPSA) is 55.3 Å². The van der Waals surface area contributed by atoms with Crippen LogP contribution in [0.2, 0.25) is 0 Å². The van der Waals surface area contributed by atoms with Crippen LogP contribution in [0.4, 0.5) is 26.3 Å². The Morgan fingerprint density at radius 3 is 2.06 bits per heavy atom. The van der Waals surface area contributed by atoms with Gasteiger partial charge in [-0.25, -0.2) is 4.98 Å². The maximum Gasteiger partial charge on any atom is 0.416 e. The zero-order valence-electron chi connectivity index (χ0n) is 17.3. The van der Waals surface area contributed by atoms with Crippen LogP contribution < -0.4 is 4.74 Å². The molecule has 0 aliphatic heterocycles. The average molecular weight is 469 g/mol. The minimum atomic E-state index is -4.98. The lowest BCUT2D eigenvalue weighted by Crippen LogP contribution is -2.27. The van der Waals surface area contributed by atoms with Crippen molar-refractivity contribution in [2.24, 2.45) is 0 Å². The minimum absolute atomic E-state index is 0.00696. The Morgan fingerprint density at radius 2 is 1.55 bits per heavy atom. The molecule has 0 saturated heterocycles. The molecule has 1 aromatic heterocycles. The number of hydrogen-bond donors (Lipinski definition) is 0. The van der Waals surface area contributed by atoms with Crippen molar-refractivity contribution in [1.29, 1.82) is 0 Å². The van der Waals surface area contributed by atoms with Gasteiger partial charge in [0.2, 0.25) is 0 Å². The van der Waals surface area contributed by atoms with Crippen LogP contribution in [0.3, 0.4) is 0 Å². The van der Waals surface area contributed by atoms with Crippen molar-refractivity contribution in [3.05, 3.63) is 77.0 Å². The molecule has 0 saturated carbocycles. The first-order chi connectivity index (χ1) is 15.4. The Hall–Kier alpha value is -3.63. The van der Waals surface area contributed by atoms with E-state index in [2.05, 4.69) is 9.97 Å². The highest BCUT2D eigenvalue weighted by Gasteiger charge is 2.37. The summed E-state index contributed by atoms with van der Waals surface area (Å²) in [7, 11) is 2.60. The van der Waals surface area contributed by atoms with Crippen molar-refractivity contribution >= 4 is 5.91 Å². The fraction of sp³-hybridized carbons (Fsp3) is 0.227. The van der Waals surface area contributed by atoms with Crippen molar-refractivity contribution in [3.8, 4) is 17.3 Å². The predicted octanol–water partition coefficient (Wildman–Crippen LogP) is 5.46. The normalized spacial score (nSPS) is 11.9. The van der Waals surface area contributed by atoms with Gasteiger partial charge in [-0.05, 0) is 23.8 Å². The first-order valence-electron chi connectivity index (χ1n) is 9.40. The van der Waals surface area contributed by atoms with Crippen LogP contribution in [0.25, 0.3) is 11.3 Å². The SMILES string of the molecule is COc1ncc(C(=O)N(C)Cc2cc(C(F)(F)F)cc(C(F)(F)F)c2)c(-c2ccccc2)n1. The Bertz CT molecular complexity index is 1110. The maximum absolute atomic E-state index is 13.1. The van der Waals surface area contributed by atoms with Gasteiger partial charge in [-0.1, -0.05) is 30.3 Å². The number of hydrogen-bond acceptors (Lipinski definition) is 4. The van der Waals surface area contributed by atoms with E-state index in [-0.39, 0.29) is 28.9 Å². The summed E-state index contributed by atoms with van der Waals surface area (Å²) >= 11 is 0. The zero-order valence-corrected chi connectivity index (χ0v) is 17.3. The van der Waals surface area contributed by atoms with Crippen LogP contribution in [0.15, 0.2) is 54.7 Å². The molecule has 1 amide bonds. The third kappa shape index (κ3) is 5.60. The lowest BCUT2D eigenvalue weighted by Gasteiger charge is -2.21. The van der Waals surface area contributed by atoms with Gasteiger partial charge in [-0.15, -0.1) is 0 Å². The molecule has 3 aromatic rings. The van der Waals surface area contributed by atoms with Crippen molar-refractivity contribution in [1.82, 2.24) is 14.9 Å². The number of carbonyl (C=O) groups is 1. The number of rotatable bonds is 5. The lowest BCUT2D eigenvalue weighted by atomic mass is 10.0. The fourth-order valence-corrected chi connectivity index (χ4v) is 3.10. The monoisotopic (exact) mass is 469 g/mol. The molecule has 0 unspecified atom stereocenters. The minimum Gasteiger partial charge on any atom is -0.467 e. The maximum atomic E-state index is 13.1. The van der Waals surface area contributed by atoms with Gasteiger partial charge in [0.25, 0.3) is 5.91 Å². The number of alkyl halides is 6. The third-order valence-electron chi connectivity index (χ3n) is 4.64. The molecular formula is C22H17F6N3O2. The molecule has 11 heteroatoms. The first-order valence-corrected chi connectivity index (χ1v) is 9.40. The van der Waals surface area contributed by atoms with Crippen LogP contribution in [0.5, 0.6) is 6.01 Å². The second-order valence-corrected chi connectivity index (χ2v) is 7.06. The van der Waals surface area contributed by atoms with E-state index in [1.54, 1.807) is 30.3 Å². The quantitative estimate of drug-likeness (QED) is 0.466. The highest BCUT2D eigenvalue weighted by molar-refractivity contribution is 5.99. The van der Waals surface area contributed by atoms with Gasteiger partial charge in [-0.2, -0.15) is 31.3 Å². The number of halogens is 6. The number of benzene rings is 2. The van der Waals surface area contributed by atoms with Gasteiger partial charge >= 0.3 is 18.4 Å². The van der Waals surface area contributed by atoms with E-state index in [0.717, 1.165) is 4.90 Å². The van der Waals surface area contributed by atoms with Gasteiger partial charge in [-0.3, -0.25) is 4.79 Å². The van der Waals surface area contributed by atoms with Gasteiger partial charge < -0.3 is 9.64 Å². The van der Waals surface area contributed by atoms with Crippen molar-refractivity contribution in [3.63, 3.8) is 0 Å². The van der Waals surface area contributed by atoms with Crippen LogP contribution >= 0.6 is 0 Å². The summed E-state index contributed by atoms with van der Waals surface area (Å²) in [6.07, 6.45) is -8.77. The highest BCUT2D eigenvalue weighted by Crippen LogP contribution is 2.36. The molecule has 0 bridgehead atoms. The molecule has 0 atom stereocenters. The number of nitrogens with zero attached hydrogens (tertiary/aromatic N) is 3. The van der Waals surface area contributed by atoms with Crippen LogP contribution in [0, 0.1) is 0 Å². The number of aromatic nitrogens is 2. The highest BCUT2D eigenvalue weighted by atomic mass is 19.4. The van der Waals surface area contributed by atoms with Crippen LogP contribution in [0.1, 0.15) is 27.0 Å². The van der Waals surface area contributed by atoms with Crippen LogP contribution in [-0.4, -0.2) is 34.9 Å². The summed E-state index contributed by atoms with van der Waals surface area (Å²) < 4.78 is 83.8. The fourth-order valence-electron chi connectivity index (χ4n) is 3.10. The molecule has 0 aliphatic rings. The molecule has 3 rings (SSSR count). The summed E-state index contributed by atoms with van der Waals surface area (Å²) in [6.45, 7) is -0.508. The molecule has 0 N–H and O–H groups in total. The number of ether oxygens (including phenoxy) is 1. The summed E-state index contributed by atoms with van der Waals surface area (Å²) in [5.74, 6) is -0.692. The Kier molecular flexibility index (Phi) is 6.61. The molecule has 1 heterocycles. The molecule has 0 fully saturated rings. The molecular weight excluding hydrogens is 452 g/mol. The summed E-state index contributed by atoms with van der Waals surface area (Å²) in [5, 5.41) is 0. The zero-order chi connectivity index (χ0) is 24.4. The first kappa shape index (κ1) is 24.0.